The Kier molecular flexibility index (Phi) is 17.9. The maximum absolute atomic E-state index is 10.9. The minimum Gasteiger partial charge on any atom is -0.481 e. The van der Waals surface area contributed by atoms with Crippen LogP contribution in [0.2, 0.25) is 0 Å². The molecule has 0 amide bonds. The fourth-order valence-electron chi connectivity index (χ4n) is 0.171. The highest BCUT2D eigenvalue weighted by molar-refractivity contribution is 6.92. The minimum absolute atomic E-state index is 0. The zero-order valence-corrected chi connectivity index (χ0v) is 10.3. The molecule has 0 heterocycles. The zero-order chi connectivity index (χ0) is 10.4. The highest BCUT2D eigenvalue weighted by Gasteiger charge is 2.30. The number of carboxylic acid groups (broad SMARTS) is 2. The smallest absolute Gasteiger partial charge is 0.399 e. The van der Waals surface area contributed by atoms with E-state index in [1.807, 2.05) is 0 Å². The van der Waals surface area contributed by atoms with Crippen LogP contribution in [0.1, 0.15) is 13.3 Å². The van der Waals surface area contributed by atoms with Crippen LogP contribution in [0.25, 0.3) is 0 Å². The summed E-state index contributed by atoms with van der Waals surface area (Å²) in [6.07, 6.45) is -6.33. The fourth-order valence-corrected chi connectivity index (χ4v) is 0.171. The van der Waals surface area contributed by atoms with E-state index >= 15 is 0 Å². The molecule has 9 heteroatoms. The molecule has 0 aliphatic heterocycles. The highest BCUT2D eigenvalue weighted by atomic mass is 31.0. The number of carboxylic acids is 2. The van der Waals surface area contributed by atoms with Crippen LogP contribution in [-0.2, 0) is 9.59 Å². The lowest BCUT2D eigenvalue weighted by Crippen LogP contribution is -2.13. The van der Waals surface area contributed by atoms with E-state index in [1.165, 1.54) is 0 Å². The second-order valence-electron chi connectivity index (χ2n) is 1.70. The summed E-state index contributed by atoms with van der Waals surface area (Å²) >= 11 is 0. The van der Waals surface area contributed by atoms with Gasteiger partial charge in [0.05, 0.1) is 0 Å². The van der Waals surface area contributed by atoms with Gasteiger partial charge in [0.15, 0.2) is 0 Å². The van der Waals surface area contributed by atoms with E-state index in [2.05, 4.69) is 0 Å². The topological polar surface area (TPSA) is 74.6 Å². The van der Waals surface area contributed by atoms with Gasteiger partial charge in [-0.2, -0.15) is 33.0 Å². The quantitative estimate of drug-likeness (QED) is 0.692. The largest absolute Gasteiger partial charge is 0.481 e. The van der Waals surface area contributed by atoms with Crippen LogP contribution < -0.4 is 0 Å². The normalized spacial score (nSPS) is 8.29. The van der Waals surface area contributed by atoms with Gasteiger partial charge in [-0.05, 0) is 0 Å². The van der Waals surface area contributed by atoms with Crippen LogP contribution in [0.3, 0.4) is 0 Å². The first-order valence-electron chi connectivity index (χ1n) is 2.63. The molecule has 0 aromatic heterocycles. The Bertz CT molecular complexity index is 167. The Labute approximate surface area is 85.1 Å². The molecule has 14 heavy (non-hydrogen) atoms. The Morgan fingerprint density at radius 1 is 1.14 bits per heavy atom. The van der Waals surface area contributed by atoms with Crippen molar-refractivity contribution < 1.29 is 33.0 Å². The van der Waals surface area contributed by atoms with Crippen LogP contribution in [-0.4, -0.2) is 28.3 Å². The number of halogens is 3. The van der Waals surface area contributed by atoms with Crippen molar-refractivity contribution in [2.75, 3.05) is 0 Å². The molecule has 0 aromatic rings. The molecule has 88 valence electrons. The summed E-state index contributed by atoms with van der Waals surface area (Å²) in [6.45, 7) is 1.08. The predicted octanol–water partition coefficient (Wildman–Crippen LogP) is 1.23. The van der Waals surface area contributed by atoms with Crippen molar-refractivity contribution in [3.8, 4) is 0 Å². The number of carbonyl (C=O) groups is 2. The molecule has 0 aliphatic rings. The molecule has 0 saturated heterocycles. The molecule has 0 aromatic carbocycles. The van der Waals surface area contributed by atoms with Gasteiger partial charge >= 0.3 is 12.1 Å². The van der Waals surface area contributed by atoms with Gasteiger partial charge in [0, 0.05) is 6.92 Å². The Balaban J connectivity index is -0.0000000733. The summed E-state index contributed by atoms with van der Waals surface area (Å²) in [5, 5.41) is 14.9. The van der Waals surface area contributed by atoms with Gasteiger partial charge in [0.1, 0.15) is 6.42 Å². The van der Waals surface area contributed by atoms with Crippen molar-refractivity contribution in [2.45, 2.75) is 19.5 Å². The van der Waals surface area contributed by atoms with Gasteiger partial charge in [-0.1, -0.05) is 0 Å². The van der Waals surface area contributed by atoms with E-state index in [9.17, 15) is 18.0 Å². The molecule has 2 atom stereocenters. The molecular weight excluding hydrogens is 243 g/mol. The van der Waals surface area contributed by atoms with E-state index in [1.54, 1.807) is 0 Å². The molecular formula is C5H13F3O4P2. The van der Waals surface area contributed by atoms with Gasteiger partial charge in [0.25, 0.3) is 5.97 Å². The van der Waals surface area contributed by atoms with E-state index in [-0.39, 0.29) is 19.8 Å². The first-order chi connectivity index (χ1) is 5.15. The molecule has 0 radical (unpaired) electrons. The first kappa shape index (κ1) is 23.4. The molecule has 0 aliphatic carbocycles. The van der Waals surface area contributed by atoms with E-state index in [0.717, 1.165) is 6.92 Å². The van der Waals surface area contributed by atoms with Gasteiger partial charge in [-0.3, -0.25) is 9.59 Å². The molecule has 0 spiro atoms. The maximum atomic E-state index is 10.9. The number of alkyl halides is 3. The third-order valence-electron chi connectivity index (χ3n) is 0.352. The van der Waals surface area contributed by atoms with Crippen molar-refractivity contribution in [2.24, 2.45) is 0 Å². The van der Waals surface area contributed by atoms with E-state index < -0.39 is 24.5 Å². The summed E-state index contributed by atoms with van der Waals surface area (Å²) in [5.41, 5.74) is 0. The molecule has 4 nitrogen and oxygen atoms in total. The van der Waals surface area contributed by atoms with Crippen LogP contribution >= 0.6 is 19.8 Å². The molecule has 2 unspecified atom stereocenters. The van der Waals surface area contributed by atoms with Crippen molar-refractivity contribution >= 4 is 31.7 Å². The lowest BCUT2D eigenvalue weighted by Gasteiger charge is -1.98. The van der Waals surface area contributed by atoms with Crippen LogP contribution in [0.4, 0.5) is 13.2 Å². The molecule has 0 rings (SSSR count). The first-order valence-corrected chi connectivity index (χ1v) is 2.63. The third kappa shape index (κ3) is 61.7. The number of aliphatic carboxylic acids is 2. The second kappa shape index (κ2) is 10.7. The summed E-state index contributed by atoms with van der Waals surface area (Å²) in [5.74, 6) is -2.68. The molecule has 0 bridgehead atoms. The van der Waals surface area contributed by atoms with Crippen LogP contribution in [0.5, 0.6) is 0 Å². The third-order valence-corrected chi connectivity index (χ3v) is 0.352. The maximum Gasteiger partial charge on any atom is 0.399 e. The van der Waals surface area contributed by atoms with E-state index in [4.69, 9.17) is 15.0 Å². The Hall–Kier alpha value is -0.410. The fraction of sp³-hybridized carbons (Fsp3) is 0.600. The number of hydrogen-bond acceptors (Lipinski definition) is 2. The SMILES string of the molecule is CC(=O)O.O=C(O)CC(F)(F)F.P.P. The second-order valence-corrected chi connectivity index (χ2v) is 1.70. The van der Waals surface area contributed by atoms with Crippen LogP contribution in [0, 0.1) is 0 Å². The molecule has 0 fully saturated rings. The van der Waals surface area contributed by atoms with Crippen LogP contribution in [0.15, 0.2) is 0 Å². The lowest BCUT2D eigenvalue weighted by atomic mass is 10.4. The highest BCUT2D eigenvalue weighted by Crippen LogP contribution is 2.18. The number of hydrogen-bond donors (Lipinski definition) is 2. The van der Waals surface area contributed by atoms with Gasteiger partial charge in [-0.15, -0.1) is 0 Å². The average molecular weight is 256 g/mol. The summed E-state index contributed by atoms with van der Waals surface area (Å²) in [4.78, 5) is 18.3. The number of rotatable bonds is 1. The van der Waals surface area contributed by atoms with Crippen molar-refractivity contribution in [1.82, 2.24) is 0 Å². The zero-order valence-electron chi connectivity index (χ0n) is 7.47. The van der Waals surface area contributed by atoms with Gasteiger partial charge in [-0.25, -0.2) is 0 Å². The Morgan fingerprint density at radius 3 is 1.36 bits per heavy atom. The van der Waals surface area contributed by atoms with Crippen molar-refractivity contribution in [3.63, 3.8) is 0 Å². The summed E-state index contributed by atoms with van der Waals surface area (Å²) in [7, 11) is 0. The van der Waals surface area contributed by atoms with Gasteiger partial charge in [0.2, 0.25) is 0 Å². The predicted molar refractivity (Wildman–Crippen MR) is 53.8 cm³/mol. The van der Waals surface area contributed by atoms with Crippen molar-refractivity contribution in [1.29, 1.82) is 0 Å². The minimum atomic E-state index is -4.58. The monoisotopic (exact) mass is 256 g/mol. The van der Waals surface area contributed by atoms with Gasteiger partial charge < -0.3 is 10.2 Å². The Morgan fingerprint density at radius 2 is 1.36 bits per heavy atom. The standard InChI is InChI=1S/C3H3F3O2.C2H4O2.2H3P/c4-3(5,6)1-2(7)8;1-2(3)4;;/h1H2,(H,7,8);1H3,(H,3,4);2*1H3. The summed E-state index contributed by atoms with van der Waals surface area (Å²) < 4.78 is 32.8. The molecule has 2 N–H and O–H groups in total. The van der Waals surface area contributed by atoms with E-state index in [0.29, 0.717) is 0 Å². The average Bonchev–Trinajstić information content (AvgIpc) is 1.52. The van der Waals surface area contributed by atoms with Crippen molar-refractivity contribution in [3.05, 3.63) is 0 Å². The summed E-state index contributed by atoms with van der Waals surface area (Å²) in [6, 6.07) is 0. The molecule has 0 saturated carbocycles. The lowest BCUT2D eigenvalue weighted by molar-refractivity contribution is -0.166.